The summed E-state index contributed by atoms with van der Waals surface area (Å²) < 4.78 is 0. The molecule has 28 heavy (non-hydrogen) atoms. The number of aryl methyl sites for hydroxylation is 1. The quantitative estimate of drug-likeness (QED) is 0.742. The highest BCUT2D eigenvalue weighted by Crippen LogP contribution is 2.38. The Balaban J connectivity index is 1.56. The van der Waals surface area contributed by atoms with Crippen LogP contribution >= 0.6 is 0 Å². The van der Waals surface area contributed by atoms with Crippen LogP contribution in [0.4, 0.5) is 5.69 Å². The van der Waals surface area contributed by atoms with Crippen LogP contribution in [-0.4, -0.2) is 16.8 Å². The molecule has 4 rings (SSSR count). The van der Waals surface area contributed by atoms with E-state index in [4.69, 9.17) is 0 Å². The van der Waals surface area contributed by atoms with Gasteiger partial charge in [-0.05, 0) is 42.3 Å². The van der Waals surface area contributed by atoms with Crippen molar-refractivity contribution in [2.45, 2.75) is 25.9 Å². The Morgan fingerprint density at radius 2 is 1.79 bits per heavy atom. The lowest BCUT2D eigenvalue weighted by Crippen LogP contribution is -2.33. The Morgan fingerprint density at radius 1 is 1.04 bits per heavy atom. The number of fused-ring (bicyclic) bond motifs is 1. The van der Waals surface area contributed by atoms with E-state index >= 15 is 0 Å². The van der Waals surface area contributed by atoms with Gasteiger partial charge in [0.1, 0.15) is 0 Å². The normalized spacial score (nSPS) is 15.4. The summed E-state index contributed by atoms with van der Waals surface area (Å²) in [5, 5.41) is 2.98. The number of pyridine rings is 1. The minimum atomic E-state index is -0.414. The Labute approximate surface area is 164 Å². The molecule has 1 unspecified atom stereocenters. The predicted octanol–water partition coefficient (Wildman–Crippen LogP) is 3.80. The van der Waals surface area contributed by atoms with E-state index in [1.165, 1.54) is 0 Å². The van der Waals surface area contributed by atoms with Gasteiger partial charge in [-0.25, -0.2) is 0 Å². The first-order valence-electron chi connectivity index (χ1n) is 9.30. The number of carbonyl (C=O) groups excluding carboxylic acids is 2. The third-order valence-electron chi connectivity index (χ3n) is 5.07. The van der Waals surface area contributed by atoms with Crippen LogP contribution in [0.3, 0.4) is 0 Å². The minimum absolute atomic E-state index is 0.111. The van der Waals surface area contributed by atoms with Gasteiger partial charge >= 0.3 is 0 Å². The lowest BCUT2D eigenvalue weighted by Gasteiger charge is -2.24. The Morgan fingerprint density at radius 3 is 2.57 bits per heavy atom. The van der Waals surface area contributed by atoms with Crippen LogP contribution < -0.4 is 10.2 Å². The molecule has 3 aromatic rings. The molecule has 0 saturated carbocycles. The topological polar surface area (TPSA) is 62.3 Å². The van der Waals surface area contributed by atoms with Gasteiger partial charge in [0.25, 0.3) is 5.91 Å². The lowest BCUT2D eigenvalue weighted by atomic mass is 10.1. The van der Waals surface area contributed by atoms with Crippen LogP contribution in [0.2, 0.25) is 0 Å². The van der Waals surface area contributed by atoms with Crippen molar-refractivity contribution in [2.24, 2.45) is 0 Å². The number of benzene rings is 2. The molecule has 1 N–H and O–H groups in total. The fourth-order valence-corrected chi connectivity index (χ4v) is 3.58. The highest BCUT2D eigenvalue weighted by molar-refractivity contribution is 6.11. The zero-order valence-corrected chi connectivity index (χ0v) is 15.6. The van der Waals surface area contributed by atoms with Crippen molar-refractivity contribution in [3.63, 3.8) is 0 Å². The molecular formula is C23H21N3O2. The van der Waals surface area contributed by atoms with Crippen LogP contribution in [0, 0.1) is 6.92 Å². The summed E-state index contributed by atoms with van der Waals surface area (Å²) in [6.07, 6.45) is 1.83. The summed E-state index contributed by atoms with van der Waals surface area (Å²) in [6, 6.07) is 20.5. The van der Waals surface area contributed by atoms with Crippen molar-refractivity contribution >= 4 is 17.5 Å². The number of hydrogen-bond acceptors (Lipinski definition) is 3. The molecule has 0 radical (unpaired) electrons. The molecule has 1 aliphatic heterocycles. The molecule has 1 aromatic heterocycles. The molecule has 0 aliphatic carbocycles. The van der Waals surface area contributed by atoms with Crippen molar-refractivity contribution in [2.75, 3.05) is 4.90 Å². The van der Waals surface area contributed by atoms with Gasteiger partial charge in [-0.15, -0.1) is 0 Å². The molecule has 2 heterocycles. The van der Waals surface area contributed by atoms with Gasteiger partial charge < -0.3 is 5.32 Å². The first-order valence-corrected chi connectivity index (χ1v) is 9.30. The number of carbonyl (C=O) groups is 2. The highest BCUT2D eigenvalue weighted by atomic mass is 16.2. The molecular weight excluding hydrogens is 350 g/mol. The van der Waals surface area contributed by atoms with Crippen molar-refractivity contribution in [3.05, 3.63) is 95.3 Å². The SMILES string of the molecule is Cc1ccccc1CNC(=O)CC1c2ncccc2C(=O)N1c1ccccc1. The number of amides is 2. The first-order chi connectivity index (χ1) is 13.6. The molecule has 5 heteroatoms. The maximum Gasteiger partial charge on any atom is 0.260 e. The van der Waals surface area contributed by atoms with E-state index in [9.17, 15) is 9.59 Å². The zero-order valence-electron chi connectivity index (χ0n) is 15.6. The Bertz CT molecular complexity index is 1020. The maximum atomic E-state index is 13.0. The minimum Gasteiger partial charge on any atom is -0.352 e. The summed E-state index contributed by atoms with van der Waals surface area (Å²) in [5.41, 5.74) is 4.20. The summed E-state index contributed by atoms with van der Waals surface area (Å²) in [4.78, 5) is 31.7. The van der Waals surface area contributed by atoms with E-state index in [-0.39, 0.29) is 18.2 Å². The van der Waals surface area contributed by atoms with Crippen molar-refractivity contribution in [3.8, 4) is 0 Å². The van der Waals surface area contributed by atoms with E-state index in [1.54, 1.807) is 23.2 Å². The number of nitrogens with zero attached hydrogens (tertiary/aromatic N) is 2. The number of aromatic nitrogens is 1. The fourth-order valence-electron chi connectivity index (χ4n) is 3.58. The van der Waals surface area contributed by atoms with Gasteiger partial charge in [0.05, 0.1) is 23.7 Å². The average Bonchev–Trinajstić information content (AvgIpc) is 3.00. The Hall–Kier alpha value is -3.47. The van der Waals surface area contributed by atoms with Crippen molar-refractivity contribution in [1.29, 1.82) is 0 Å². The van der Waals surface area contributed by atoms with Gasteiger partial charge in [-0.2, -0.15) is 0 Å². The molecule has 0 spiro atoms. The van der Waals surface area contributed by atoms with E-state index in [0.29, 0.717) is 17.8 Å². The number of rotatable bonds is 5. The first kappa shape index (κ1) is 17.9. The third kappa shape index (κ3) is 3.39. The molecule has 0 fully saturated rings. The summed E-state index contributed by atoms with van der Waals surface area (Å²) in [5.74, 6) is -0.230. The van der Waals surface area contributed by atoms with Gasteiger partial charge in [0.15, 0.2) is 0 Å². The molecule has 140 valence electrons. The Kier molecular flexibility index (Phi) is 4.89. The van der Waals surface area contributed by atoms with Crippen LogP contribution in [0.1, 0.15) is 39.6 Å². The van der Waals surface area contributed by atoms with E-state index in [1.807, 2.05) is 61.5 Å². The van der Waals surface area contributed by atoms with Crippen molar-refractivity contribution < 1.29 is 9.59 Å². The van der Waals surface area contributed by atoms with Crippen molar-refractivity contribution in [1.82, 2.24) is 10.3 Å². The number of para-hydroxylation sites is 1. The van der Waals surface area contributed by atoms with E-state index in [0.717, 1.165) is 16.8 Å². The third-order valence-corrected chi connectivity index (χ3v) is 5.07. The molecule has 1 atom stereocenters. The number of anilines is 1. The number of nitrogens with one attached hydrogen (secondary N) is 1. The molecule has 2 aromatic carbocycles. The predicted molar refractivity (Wildman–Crippen MR) is 108 cm³/mol. The molecule has 2 amide bonds. The van der Waals surface area contributed by atoms with Gasteiger partial charge in [0, 0.05) is 18.4 Å². The molecule has 0 bridgehead atoms. The van der Waals surface area contributed by atoms with E-state index in [2.05, 4.69) is 10.3 Å². The van der Waals surface area contributed by atoms with Gasteiger partial charge in [-0.1, -0.05) is 42.5 Å². The van der Waals surface area contributed by atoms with Crippen LogP contribution in [0.15, 0.2) is 72.9 Å². The number of hydrogen-bond donors (Lipinski definition) is 1. The highest BCUT2D eigenvalue weighted by Gasteiger charge is 2.39. The summed E-state index contributed by atoms with van der Waals surface area (Å²) >= 11 is 0. The summed E-state index contributed by atoms with van der Waals surface area (Å²) in [7, 11) is 0. The lowest BCUT2D eigenvalue weighted by molar-refractivity contribution is -0.121. The summed E-state index contributed by atoms with van der Waals surface area (Å²) in [6.45, 7) is 2.49. The van der Waals surface area contributed by atoms with Crippen LogP contribution in [0.25, 0.3) is 0 Å². The molecule has 0 saturated heterocycles. The fraction of sp³-hybridized carbons (Fsp3) is 0.174. The van der Waals surface area contributed by atoms with Gasteiger partial charge in [0.2, 0.25) is 5.91 Å². The molecule has 5 nitrogen and oxygen atoms in total. The van der Waals surface area contributed by atoms with E-state index < -0.39 is 6.04 Å². The molecule has 1 aliphatic rings. The largest absolute Gasteiger partial charge is 0.352 e. The maximum absolute atomic E-state index is 13.0. The average molecular weight is 371 g/mol. The second-order valence-corrected chi connectivity index (χ2v) is 6.87. The monoisotopic (exact) mass is 371 g/mol. The second-order valence-electron chi connectivity index (χ2n) is 6.87. The smallest absolute Gasteiger partial charge is 0.260 e. The van der Waals surface area contributed by atoms with Gasteiger partial charge in [-0.3, -0.25) is 19.5 Å². The van der Waals surface area contributed by atoms with Crippen LogP contribution in [0.5, 0.6) is 0 Å². The standard InChI is InChI=1S/C23H21N3O2/c1-16-8-5-6-9-17(16)15-25-21(27)14-20-22-19(12-7-13-24-22)23(28)26(20)18-10-3-2-4-11-18/h2-13,20H,14-15H2,1H3,(H,25,27). The zero-order chi connectivity index (χ0) is 19.5. The van der Waals surface area contributed by atoms with Crippen LogP contribution in [-0.2, 0) is 11.3 Å². The second kappa shape index (κ2) is 7.64.